The van der Waals surface area contributed by atoms with Crippen LogP contribution in [0.2, 0.25) is 0 Å². The monoisotopic (exact) mass is 305 g/mol. The van der Waals surface area contributed by atoms with Crippen LogP contribution in [-0.2, 0) is 13.1 Å². The molecule has 0 fully saturated rings. The van der Waals surface area contributed by atoms with E-state index in [1.807, 2.05) is 49.5 Å². The van der Waals surface area contributed by atoms with Gasteiger partial charge in [-0.05, 0) is 18.2 Å². The topological polar surface area (TPSA) is 74.0 Å². The highest BCUT2D eigenvalue weighted by Gasteiger charge is 2.11. The van der Waals surface area contributed by atoms with Crippen molar-refractivity contribution in [3.63, 3.8) is 0 Å². The lowest BCUT2D eigenvalue weighted by molar-refractivity contribution is -0.908. The number of nitrogens with zero attached hydrogens (tertiary/aromatic N) is 2. The molecule has 3 rings (SSSR count). The number of H-pyrrole nitrogens is 1. The fourth-order valence-corrected chi connectivity index (χ4v) is 2.68. The van der Waals surface area contributed by atoms with Crippen molar-refractivity contribution in [2.24, 2.45) is 0 Å². The lowest BCUT2D eigenvalue weighted by Gasteiger charge is -2.14. The minimum atomic E-state index is -0.115. The van der Waals surface area contributed by atoms with E-state index < -0.39 is 0 Å². The van der Waals surface area contributed by atoms with Crippen molar-refractivity contribution in [1.82, 2.24) is 9.97 Å². The summed E-state index contributed by atoms with van der Waals surface area (Å²) >= 11 is 0. The second-order valence-electron chi connectivity index (χ2n) is 5.61. The van der Waals surface area contributed by atoms with E-state index in [1.165, 1.54) is 0 Å². The number of aromatic amines is 1. The van der Waals surface area contributed by atoms with Gasteiger partial charge in [0.2, 0.25) is 0 Å². The molecule has 0 amide bonds. The first-order chi connectivity index (χ1) is 11.2. The zero-order valence-electron chi connectivity index (χ0n) is 12.8. The molecule has 0 radical (unpaired) electrons. The van der Waals surface area contributed by atoms with Gasteiger partial charge in [-0.2, -0.15) is 5.26 Å². The molecule has 1 unspecified atom stereocenters. The molecule has 0 bridgehead atoms. The zero-order chi connectivity index (χ0) is 16.2. The molecule has 1 heterocycles. The molecule has 0 aliphatic rings. The van der Waals surface area contributed by atoms with Gasteiger partial charge in [0.1, 0.15) is 13.1 Å². The quantitative estimate of drug-likeness (QED) is 0.755. The predicted molar refractivity (Wildman–Crippen MR) is 87.8 cm³/mol. The molecule has 5 nitrogen and oxygen atoms in total. The summed E-state index contributed by atoms with van der Waals surface area (Å²) < 4.78 is 0. The number of hydrogen-bond acceptors (Lipinski definition) is 3. The van der Waals surface area contributed by atoms with Gasteiger partial charge in [0.05, 0.1) is 29.6 Å². The zero-order valence-corrected chi connectivity index (χ0v) is 12.8. The molecule has 0 saturated heterocycles. The molecule has 1 atom stereocenters. The molecular formula is C18H17N4O+. The average molecular weight is 305 g/mol. The summed E-state index contributed by atoms with van der Waals surface area (Å²) in [6.45, 7) is 1.28. The van der Waals surface area contributed by atoms with E-state index >= 15 is 0 Å². The van der Waals surface area contributed by atoms with Crippen molar-refractivity contribution in [2.45, 2.75) is 13.1 Å². The molecule has 0 spiro atoms. The summed E-state index contributed by atoms with van der Waals surface area (Å²) in [6.07, 6.45) is 0. The molecule has 114 valence electrons. The number of nitrogens with one attached hydrogen (secondary N) is 2. The molecule has 2 N–H and O–H groups in total. The smallest absolute Gasteiger partial charge is 0.258 e. The second kappa shape index (κ2) is 6.42. The van der Waals surface area contributed by atoms with E-state index in [0.29, 0.717) is 35.4 Å². The van der Waals surface area contributed by atoms with Gasteiger partial charge >= 0.3 is 0 Å². The second-order valence-corrected chi connectivity index (χ2v) is 5.61. The number of benzene rings is 2. The number of nitriles is 1. The molecule has 1 aromatic heterocycles. The van der Waals surface area contributed by atoms with Crippen molar-refractivity contribution in [1.29, 1.82) is 5.26 Å². The Labute approximate surface area is 133 Å². The Bertz CT molecular complexity index is 939. The highest BCUT2D eigenvalue weighted by atomic mass is 16.1. The van der Waals surface area contributed by atoms with Gasteiger partial charge in [-0.3, -0.25) is 4.79 Å². The van der Waals surface area contributed by atoms with Gasteiger partial charge in [0.15, 0.2) is 5.82 Å². The van der Waals surface area contributed by atoms with Crippen LogP contribution in [0.5, 0.6) is 0 Å². The number of hydrogen-bond donors (Lipinski definition) is 2. The van der Waals surface area contributed by atoms with Crippen molar-refractivity contribution >= 4 is 10.9 Å². The third-order valence-electron chi connectivity index (χ3n) is 3.76. The first-order valence-corrected chi connectivity index (χ1v) is 7.44. The summed E-state index contributed by atoms with van der Waals surface area (Å²) in [4.78, 5) is 20.6. The molecule has 2 aromatic carbocycles. The number of fused-ring (bicyclic) bond motifs is 1. The SMILES string of the molecule is C[NH+](Cc1nc2ccccc2c(=O)[nH]1)Cc1ccccc1C#N. The predicted octanol–water partition coefficient (Wildman–Crippen LogP) is 1.01. The molecule has 0 aliphatic heterocycles. The number of rotatable bonds is 4. The van der Waals surface area contributed by atoms with Crippen LogP contribution in [0.1, 0.15) is 17.0 Å². The molecular weight excluding hydrogens is 288 g/mol. The largest absolute Gasteiger partial charge is 0.327 e. The van der Waals surface area contributed by atoms with Crippen LogP contribution in [-0.4, -0.2) is 17.0 Å². The summed E-state index contributed by atoms with van der Waals surface area (Å²) in [5, 5.41) is 9.76. The fraction of sp³-hybridized carbons (Fsp3) is 0.167. The Morgan fingerprint density at radius 1 is 1.13 bits per heavy atom. The Morgan fingerprint density at radius 2 is 1.87 bits per heavy atom. The molecule has 5 heteroatoms. The minimum absolute atomic E-state index is 0.115. The molecule has 0 saturated carbocycles. The van der Waals surface area contributed by atoms with Gasteiger partial charge < -0.3 is 9.88 Å². The molecule has 23 heavy (non-hydrogen) atoms. The van der Waals surface area contributed by atoms with Gasteiger partial charge in [0, 0.05) is 5.56 Å². The Balaban J connectivity index is 1.82. The van der Waals surface area contributed by atoms with Gasteiger partial charge in [-0.1, -0.05) is 30.3 Å². The van der Waals surface area contributed by atoms with Crippen LogP contribution in [0.25, 0.3) is 10.9 Å². The van der Waals surface area contributed by atoms with E-state index in [2.05, 4.69) is 16.0 Å². The maximum absolute atomic E-state index is 12.1. The van der Waals surface area contributed by atoms with E-state index in [1.54, 1.807) is 6.07 Å². The lowest BCUT2D eigenvalue weighted by atomic mass is 10.1. The third-order valence-corrected chi connectivity index (χ3v) is 3.76. The van der Waals surface area contributed by atoms with Crippen LogP contribution < -0.4 is 10.5 Å². The number of aromatic nitrogens is 2. The highest BCUT2D eigenvalue weighted by Crippen LogP contribution is 2.06. The first-order valence-electron chi connectivity index (χ1n) is 7.44. The fourth-order valence-electron chi connectivity index (χ4n) is 2.68. The standard InChI is InChI=1S/C18H16N4O/c1-22(11-14-7-3-2-6-13(14)10-19)12-17-20-16-9-5-4-8-15(16)18(23)21-17/h2-9H,11-12H2,1H3,(H,20,21,23)/p+1. The van der Waals surface area contributed by atoms with E-state index in [-0.39, 0.29) is 5.56 Å². The Hall–Kier alpha value is -2.97. The number of para-hydroxylation sites is 1. The van der Waals surface area contributed by atoms with Crippen molar-refractivity contribution in [3.05, 3.63) is 75.8 Å². The normalized spacial score (nSPS) is 12.0. The van der Waals surface area contributed by atoms with Crippen molar-refractivity contribution in [2.75, 3.05) is 7.05 Å². The summed E-state index contributed by atoms with van der Waals surface area (Å²) in [7, 11) is 2.02. The van der Waals surface area contributed by atoms with Gasteiger partial charge in [-0.15, -0.1) is 0 Å². The summed E-state index contributed by atoms with van der Waals surface area (Å²) in [5.41, 5.74) is 2.27. The highest BCUT2D eigenvalue weighted by molar-refractivity contribution is 5.77. The van der Waals surface area contributed by atoms with Crippen molar-refractivity contribution < 1.29 is 4.90 Å². The van der Waals surface area contributed by atoms with Crippen LogP contribution in [0.3, 0.4) is 0 Å². The van der Waals surface area contributed by atoms with Crippen LogP contribution in [0.4, 0.5) is 0 Å². The van der Waals surface area contributed by atoms with Crippen molar-refractivity contribution in [3.8, 4) is 6.07 Å². The first kappa shape index (κ1) is 14.9. The maximum Gasteiger partial charge on any atom is 0.258 e. The third kappa shape index (κ3) is 3.28. The molecule has 0 aliphatic carbocycles. The maximum atomic E-state index is 12.1. The van der Waals surface area contributed by atoms with Crippen LogP contribution in [0, 0.1) is 11.3 Å². The Kier molecular flexibility index (Phi) is 4.18. The summed E-state index contributed by atoms with van der Waals surface area (Å²) in [5.74, 6) is 0.653. The number of quaternary nitrogens is 1. The van der Waals surface area contributed by atoms with Crippen LogP contribution in [0.15, 0.2) is 53.3 Å². The van der Waals surface area contributed by atoms with Gasteiger partial charge in [0.25, 0.3) is 5.56 Å². The lowest BCUT2D eigenvalue weighted by Crippen LogP contribution is -3.06. The van der Waals surface area contributed by atoms with E-state index in [9.17, 15) is 4.79 Å². The van der Waals surface area contributed by atoms with Gasteiger partial charge in [-0.25, -0.2) is 4.98 Å². The van der Waals surface area contributed by atoms with E-state index in [0.717, 1.165) is 10.5 Å². The summed E-state index contributed by atoms with van der Waals surface area (Å²) in [6, 6.07) is 17.1. The molecule has 3 aromatic rings. The van der Waals surface area contributed by atoms with Crippen LogP contribution >= 0.6 is 0 Å². The average Bonchev–Trinajstić information content (AvgIpc) is 2.55. The Morgan fingerprint density at radius 3 is 2.70 bits per heavy atom. The van der Waals surface area contributed by atoms with E-state index in [4.69, 9.17) is 5.26 Å². The minimum Gasteiger partial charge on any atom is -0.327 e.